The molecule has 4 aliphatic rings. The molecule has 6 nitrogen and oxygen atoms in total. The van der Waals surface area contributed by atoms with Crippen molar-refractivity contribution in [2.24, 2.45) is 46.3 Å². The molecule has 33 heavy (non-hydrogen) atoms. The van der Waals surface area contributed by atoms with E-state index in [4.69, 9.17) is 4.55 Å². The first kappa shape index (κ1) is 25.4. The van der Waals surface area contributed by atoms with E-state index in [0.29, 0.717) is 35.0 Å². The Kier molecular flexibility index (Phi) is 7.26. The third kappa shape index (κ3) is 5.02. The van der Waals surface area contributed by atoms with Crippen LogP contribution in [0.1, 0.15) is 91.4 Å². The molecule has 0 aromatic heterocycles. The lowest BCUT2D eigenvalue weighted by molar-refractivity contribution is -0.129. The van der Waals surface area contributed by atoms with E-state index in [9.17, 15) is 18.3 Å². The van der Waals surface area contributed by atoms with Crippen molar-refractivity contribution in [3.05, 3.63) is 0 Å². The normalized spacial score (nSPS) is 43.8. The Hall–Kier alpha value is -0.660. The lowest BCUT2D eigenvalue weighted by Crippen LogP contribution is -2.54. The molecular weight excluding hydrogens is 438 g/mol. The van der Waals surface area contributed by atoms with Crippen LogP contribution in [0.2, 0.25) is 0 Å². The smallest absolute Gasteiger partial charge is 0.266 e. The van der Waals surface area contributed by atoms with Crippen LogP contribution in [0.25, 0.3) is 0 Å². The van der Waals surface area contributed by atoms with E-state index in [-0.39, 0.29) is 18.6 Å². The second-order valence-electron chi connectivity index (χ2n) is 12.5. The second-order valence-corrected chi connectivity index (χ2v) is 14.0. The van der Waals surface area contributed by atoms with E-state index < -0.39 is 15.9 Å². The second kappa shape index (κ2) is 9.42. The topological polar surface area (TPSA) is 104 Å². The third-order valence-electron chi connectivity index (χ3n) is 10.9. The molecule has 7 heteroatoms. The first-order valence-electron chi connectivity index (χ1n) is 13.3. The van der Waals surface area contributed by atoms with Gasteiger partial charge in [0.25, 0.3) is 10.1 Å². The van der Waals surface area contributed by atoms with E-state index in [1.165, 1.54) is 44.9 Å². The summed E-state index contributed by atoms with van der Waals surface area (Å²) in [5.74, 6) is 3.68. The lowest BCUT2D eigenvalue weighted by atomic mass is 9.44. The number of nitrogens with one attached hydrogen (secondary N) is 1. The molecule has 0 aliphatic heterocycles. The van der Waals surface area contributed by atoms with Gasteiger partial charge < -0.3 is 10.4 Å². The monoisotopic (exact) mass is 483 g/mol. The Balaban J connectivity index is 1.35. The van der Waals surface area contributed by atoms with Gasteiger partial charge in [0.1, 0.15) is 0 Å². The number of rotatable bonds is 7. The summed E-state index contributed by atoms with van der Waals surface area (Å²) in [6, 6.07) is 0. The fraction of sp³-hybridized carbons (Fsp3) is 0.962. The van der Waals surface area contributed by atoms with Crippen molar-refractivity contribution in [3.8, 4) is 0 Å². The van der Waals surface area contributed by atoms with Crippen LogP contribution in [0.5, 0.6) is 0 Å². The Bertz CT molecular complexity index is 831. The predicted octanol–water partition coefficient (Wildman–Crippen LogP) is 4.43. The minimum absolute atomic E-state index is 0.0326. The highest BCUT2D eigenvalue weighted by Crippen LogP contribution is 2.68. The zero-order chi connectivity index (χ0) is 24.0. The summed E-state index contributed by atoms with van der Waals surface area (Å²) in [5.41, 5.74) is 0.771. The van der Waals surface area contributed by atoms with Gasteiger partial charge in [-0.15, -0.1) is 0 Å². The van der Waals surface area contributed by atoms with Gasteiger partial charge in [-0.1, -0.05) is 20.8 Å². The van der Waals surface area contributed by atoms with Gasteiger partial charge in [-0.3, -0.25) is 9.35 Å². The lowest BCUT2D eigenvalue weighted by Gasteiger charge is -2.61. The molecule has 0 unspecified atom stereocenters. The third-order valence-corrected chi connectivity index (χ3v) is 11.6. The van der Waals surface area contributed by atoms with Crippen molar-refractivity contribution in [2.75, 3.05) is 12.3 Å². The Morgan fingerprint density at radius 3 is 2.45 bits per heavy atom. The Morgan fingerprint density at radius 1 is 1.03 bits per heavy atom. The maximum Gasteiger partial charge on any atom is 0.266 e. The minimum atomic E-state index is -4.04. The highest BCUT2D eigenvalue weighted by atomic mass is 32.2. The van der Waals surface area contributed by atoms with Crippen molar-refractivity contribution >= 4 is 16.0 Å². The summed E-state index contributed by atoms with van der Waals surface area (Å²) in [6.07, 6.45) is 12.1. The number of hydrogen-bond acceptors (Lipinski definition) is 4. The number of hydrogen-bond donors (Lipinski definition) is 3. The molecule has 0 aromatic rings. The van der Waals surface area contributed by atoms with E-state index >= 15 is 0 Å². The van der Waals surface area contributed by atoms with Crippen molar-refractivity contribution in [1.82, 2.24) is 5.32 Å². The summed E-state index contributed by atoms with van der Waals surface area (Å²) < 4.78 is 30.5. The summed E-state index contributed by atoms with van der Waals surface area (Å²) in [4.78, 5) is 12.2. The van der Waals surface area contributed by atoms with Crippen molar-refractivity contribution < 1.29 is 22.9 Å². The first-order chi connectivity index (χ1) is 15.4. The van der Waals surface area contributed by atoms with Gasteiger partial charge in [0.15, 0.2) is 0 Å². The summed E-state index contributed by atoms with van der Waals surface area (Å²) in [5, 5.41) is 12.9. The van der Waals surface area contributed by atoms with E-state index in [1.54, 1.807) is 0 Å². The summed E-state index contributed by atoms with van der Waals surface area (Å²) >= 11 is 0. The SMILES string of the molecule is C[C@H](CCC(=O)NCCS(=O)(=O)O)[C@H]1CC[C@H]2[C@@H]3CC[C@H]4C[C@H](O)CC[C@]4(C)[C@H]3CC[C@]12C. The summed E-state index contributed by atoms with van der Waals surface area (Å²) in [7, 11) is -4.04. The average molecular weight is 484 g/mol. The fourth-order valence-corrected chi connectivity index (χ4v) is 9.54. The number of amides is 1. The van der Waals surface area contributed by atoms with Crippen molar-refractivity contribution in [3.63, 3.8) is 0 Å². The minimum Gasteiger partial charge on any atom is -0.393 e. The number of aliphatic hydroxyl groups is 1. The van der Waals surface area contributed by atoms with Gasteiger partial charge in [-0.05, 0) is 111 Å². The van der Waals surface area contributed by atoms with Crippen LogP contribution in [0.3, 0.4) is 0 Å². The number of carbonyl (C=O) groups excluding carboxylic acids is 1. The van der Waals surface area contributed by atoms with Gasteiger partial charge in [-0.2, -0.15) is 8.42 Å². The molecule has 4 aliphatic carbocycles. The Labute approximate surface area is 200 Å². The van der Waals surface area contributed by atoms with Gasteiger partial charge >= 0.3 is 0 Å². The Morgan fingerprint density at radius 2 is 1.73 bits per heavy atom. The molecule has 9 atom stereocenters. The molecule has 0 bridgehead atoms. The zero-order valence-corrected chi connectivity index (χ0v) is 21.6. The van der Waals surface area contributed by atoms with Crippen LogP contribution in [0, 0.1) is 46.3 Å². The maximum atomic E-state index is 12.2. The standard InChI is InChI=1S/C26H45NO5S/c1-17(4-9-24(29)27-14-15-33(30,31)32)21-7-8-22-20-6-5-18-16-19(28)10-12-25(18,2)23(20)11-13-26(21,22)3/h17-23,28H,4-16H2,1-3H3,(H,27,29)(H,30,31,32)/t17-,18+,19-,20+,21-,22+,23+,25+,26-/m1/s1. The van der Waals surface area contributed by atoms with Crippen LogP contribution in [-0.2, 0) is 14.9 Å². The van der Waals surface area contributed by atoms with Gasteiger partial charge in [0, 0.05) is 13.0 Å². The number of carbonyl (C=O) groups is 1. The van der Waals surface area contributed by atoms with Gasteiger partial charge in [0.2, 0.25) is 5.91 Å². The van der Waals surface area contributed by atoms with E-state index in [1.807, 2.05) is 0 Å². The van der Waals surface area contributed by atoms with Gasteiger partial charge in [0.05, 0.1) is 11.9 Å². The summed E-state index contributed by atoms with van der Waals surface area (Å²) in [6.45, 7) is 7.34. The van der Waals surface area contributed by atoms with Crippen molar-refractivity contribution in [1.29, 1.82) is 0 Å². The van der Waals surface area contributed by atoms with Crippen molar-refractivity contribution in [2.45, 2.75) is 97.5 Å². The van der Waals surface area contributed by atoms with Crippen LogP contribution in [0.4, 0.5) is 0 Å². The molecule has 0 aromatic carbocycles. The molecular formula is C26H45NO5S. The van der Waals surface area contributed by atoms with E-state index in [0.717, 1.165) is 37.0 Å². The number of aliphatic hydroxyl groups excluding tert-OH is 1. The fourth-order valence-electron chi connectivity index (χ4n) is 9.18. The average Bonchev–Trinajstić information content (AvgIpc) is 3.09. The molecule has 1 amide bonds. The molecule has 3 N–H and O–H groups in total. The molecule has 4 fully saturated rings. The molecule has 4 rings (SSSR count). The molecule has 0 saturated heterocycles. The maximum absolute atomic E-state index is 12.2. The predicted molar refractivity (Wildman–Crippen MR) is 129 cm³/mol. The molecule has 190 valence electrons. The number of fused-ring (bicyclic) bond motifs is 5. The first-order valence-corrected chi connectivity index (χ1v) is 14.9. The molecule has 0 heterocycles. The van der Waals surface area contributed by atoms with Crippen LogP contribution >= 0.6 is 0 Å². The molecule has 0 spiro atoms. The van der Waals surface area contributed by atoms with Gasteiger partial charge in [-0.25, -0.2) is 0 Å². The van der Waals surface area contributed by atoms with Crippen LogP contribution in [0.15, 0.2) is 0 Å². The molecule has 4 saturated carbocycles. The quantitative estimate of drug-likeness (QED) is 0.465. The van der Waals surface area contributed by atoms with Crippen LogP contribution in [-0.4, -0.2) is 42.4 Å². The van der Waals surface area contributed by atoms with Crippen LogP contribution < -0.4 is 5.32 Å². The highest BCUT2D eigenvalue weighted by molar-refractivity contribution is 7.85. The zero-order valence-electron chi connectivity index (χ0n) is 20.8. The highest BCUT2D eigenvalue weighted by Gasteiger charge is 2.60. The molecule has 0 radical (unpaired) electrons. The largest absolute Gasteiger partial charge is 0.393 e. The van der Waals surface area contributed by atoms with E-state index in [2.05, 4.69) is 26.1 Å².